The van der Waals surface area contributed by atoms with Gasteiger partial charge in [-0.3, -0.25) is 0 Å². The fraction of sp³-hybridized carbons (Fsp3) is 0.875. The van der Waals surface area contributed by atoms with E-state index in [-0.39, 0.29) is 5.41 Å². The molecule has 3 rings (SSSR count). The van der Waals surface area contributed by atoms with Gasteiger partial charge in [0.15, 0.2) is 5.82 Å². The van der Waals surface area contributed by atoms with Crippen LogP contribution < -0.4 is 5.73 Å². The molecule has 2 aliphatic rings. The summed E-state index contributed by atoms with van der Waals surface area (Å²) in [6.45, 7) is 2.94. The molecule has 5 heteroatoms. The zero-order valence-electron chi connectivity index (χ0n) is 13.0. The van der Waals surface area contributed by atoms with E-state index in [0.29, 0.717) is 6.54 Å². The number of nitrogens with two attached hydrogens (primary N) is 1. The molecule has 0 aromatic carbocycles. The van der Waals surface area contributed by atoms with Crippen LogP contribution in [0.3, 0.4) is 0 Å². The van der Waals surface area contributed by atoms with Gasteiger partial charge in [0.2, 0.25) is 5.89 Å². The third kappa shape index (κ3) is 3.45. The van der Waals surface area contributed by atoms with Gasteiger partial charge in [0.05, 0.1) is 11.2 Å². The van der Waals surface area contributed by atoms with Gasteiger partial charge in [-0.05, 0) is 44.4 Å². The summed E-state index contributed by atoms with van der Waals surface area (Å²) in [6, 6.07) is 0. The highest BCUT2D eigenvalue weighted by molar-refractivity contribution is 7.99. The third-order valence-corrected chi connectivity index (χ3v) is 6.66. The minimum atomic E-state index is -0.0597. The molecule has 0 unspecified atom stereocenters. The number of nitrogens with zero attached hydrogens (tertiary/aromatic N) is 2. The Morgan fingerprint density at radius 3 is 2.62 bits per heavy atom. The lowest BCUT2D eigenvalue weighted by molar-refractivity contribution is 0.191. The van der Waals surface area contributed by atoms with E-state index >= 15 is 0 Å². The van der Waals surface area contributed by atoms with Crippen LogP contribution in [0.15, 0.2) is 4.52 Å². The molecule has 2 fully saturated rings. The molecule has 2 aliphatic carbocycles. The van der Waals surface area contributed by atoms with Gasteiger partial charge in [-0.2, -0.15) is 16.7 Å². The number of hydrogen-bond acceptors (Lipinski definition) is 5. The molecule has 2 N–H and O–H groups in total. The van der Waals surface area contributed by atoms with E-state index in [1.807, 2.05) is 11.8 Å². The molecule has 1 aromatic heterocycles. The maximum Gasteiger partial charge on any atom is 0.234 e. The Balaban J connectivity index is 1.62. The van der Waals surface area contributed by atoms with Gasteiger partial charge >= 0.3 is 0 Å². The van der Waals surface area contributed by atoms with Crippen molar-refractivity contribution in [1.29, 1.82) is 0 Å². The lowest BCUT2D eigenvalue weighted by atomic mass is 9.71. The molecule has 0 atom stereocenters. The topological polar surface area (TPSA) is 64.9 Å². The largest absolute Gasteiger partial charge is 0.339 e. The molecule has 118 valence electrons. The van der Waals surface area contributed by atoms with Crippen LogP contribution in [-0.2, 0) is 11.2 Å². The van der Waals surface area contributed by atoms with Gasteiger partial charge in [-0.25, -0.2) is 0 Å². The molecule has 0 aliphatic heterocycles. The summed E-state index contributed by atoms with van der Waals surface area (Å²) >= 11 is 1.99. The average Bonchev–Trinajstić information content (AvgIpc) is 3.18. The standard InChI is InChI=1S/C16H27N3OS/c1-12-6-8-16(11-17,9-7-12)15-18-14(19-20-15)10-21-13-4-2-3-5-13/h12-13H,2-11,17H2,1H3. The summed E-state index contributed by atoms with van der Waals surface area (Å²) in [5.41, 5.74) is 6.01. The summed E-state index contributed by atoms with van der Waals surface area (Å²) in [6.07, 6.45) is 10.1. The van der Waals surface area contributed by atoms with E-state index in [2.05, 4.69) is 17.1 Å². The summed E-state index contributed by atoms with van der Waals surface area (Å²) in [5.74, 6) is 3.32. The lowest BCUT2D eigenvalue weighted by Crippen LogP contribution is -2.39. The zero-order valence-corrected chi connectivity index (χ0v) is 13.8. The minimum absolute atomic E-state index is 0.0597. The normalized spacial score (nSPS) is 30.9. The summed E-state index contributed by atoms with van der Waals surface area (Å²) < 4.78 is 5.59. The fourth-order valence-corrected chi connectivity index (χ4v) is 4.76. The van der Waals surface area contributed by atoms with Gasteiger partial charge in [0.1, 0.15) is 0 Å². The highest BCUT2D eigenvalue weighted by Crippen LogP contribution is 2.40. The van der Waals surface area contributed by atoms with Crippen LogP contribution in [0.4, 0.5) is 0 Å². The first-order valence-corrected chi connectivity index (χ1v) is 9.41. The first-order chi connectivity index (χ1) is 10.2. The minimum Gasteiger partial charge on any atom is -0.339 e. The van der Waals surface area contributed by atoms with Gasteiger partial charge in [0, 0.05) is 11.8 Å². The van der Waals surface area contributed by atoms with Crippen LogP contribution in [0.1, 0.15) is 70.0 Å². The van der Waals surface area contributed by atoms with Crippen LogP contribution in [-0.4, -0.2) is 21.9 Å². The monoisotopic (exact) mass is 309 g/mol. The molecule has 0 saturated heterocycles. The van der Waals surface area contributed by atoms with Gasteiger partial charge in [-0.15, -0.1) is 0 Å². The van der Waals surface area contributed by atoms with Crippen molar-refractivity contribution in [3.05, 3.63) is 11.7 Å². The number of aromatic nitrogens is 2. The Labute approximate surface area is 131 Å². The summed E-state index contributed by atoms with van der Waals surface area (Å²) in [4.78, 5) is 4.68. The first-order valence-electron chi connectivity index (χ1n) is 8.36. The van der Waals surface area contributed by atoms with Crippen molar-refractivity contribution in [1.82, 2.24) is 10.1 Å². The van der Waals surface area contributed by atoms with Crippen LogP contribution in [0.25, 0.3) is 0 Å². The van der Waals surface area contributed by atoms with E-state index < -0.39 is 0 Å². The van der Waals surface area contributed by atoms with E-state index in [1.54, 1.807) is 0 Å². The van der Waals surface area contributed by atoms with Crippen LogP contribution in [0.2, 0.25) is 0 Å². The Morgan fingerprint density at radius 2 is 1.95 bits per heavy atom. The van der Waals surface area contributed by atoms with Gasteiger partial charge in [-0.1, -0.05) is 24.9 Å². The molecule has 21 heavy (non-hydrogen) atoms. The summed E-state index contributed by atoms with van der Waals surface area (Å²) in [7, 11) is 0. The average molecular weight is 309 g/mol. The van der Waals surface area contributed by atoms with Crippen molar-refractivity contribution in [3.8, 4) is 0 Å². The van der Waals surface area contributed by atoms with Crippen LogP contribution in [0, 0.1) is 5.92 Å². The Morgan fingerprint density at radius 1 is 1.24 bits per heavy atom. The highest BCUT2D eigenvalue weighted by Gasteiger charge is 2.39. The fourth-order valence-electron chi connectivity index (χ4n) is 3.60. The van der Waals surface area contributed by atoms with E-state index in [0.717, 1.165) is 41.5 Å². The van der Waals surface area contributed by atoms with Gasteiger partial charge in [0.25, 0.3) is 0 Å². The van der Waals surface area contributed by atoms with Crippen molar-refractivity contribution >= 4 is 11.8 Å². The SMILES string of the molecule is CC1CCC(CN)(c2nc(CSC3CCCC3)no2)CC1. The predicted molar refractivity (Wildman–Crippen MR) is 86.2 cm³/mol. The van der Waals surface area contributed by atoms with Crippen LogP contribution in [0.5, 0.6) is 0 Å². The zero-order chi connectivity index (χ0) is 14.7. The van der Waals surface area contributed by atoms with E-state index in [1.165, 1.54) is 38.5 Å². The second-order valence-electron chi connectivity index (χ2n) is 6.90. The number of thioether (sulfide) groups is 1. The van der Waals surface area contributed by atoms with E-state index in [9.17, 15) is 0 Å². The molecule has 1 aromatic rings. The second-order valence-corrected chi connectivity index (χ2v) is 8.19. The molecule has 2 saturated carbocycles. The number of hydrogen-bond donors (Lipinski definition) is 1. The van der Waals surface area contributed by atoms with Crippen molar-refractivity contribution in [3.63, 3.8) is 0 Å². The predicted octanol–water partition coefficient (Wildman–Crippen LogP) is 3.65. The van der Waals surface area contributed by atoms with Crippen molar-refractivity contribution < 1.29 is 4.52 Å². The Kier molecular flexibility index (Phi) is 4.89. The second kappa shape index (κ2) is 6.69. The van der Waals surface area contributed by atoms with Crippen LogP contribution >= 0.6 is 11.8 Å². The highest BCUT2D eigenvalue weighted by atomic mass is 32.2. The Bertz CT molecular complexity index is 448. The molecular formula is C16H27N3OS. The smallest absolute Gasteiger partial charge is 0.234 e. The maximum atomic E-state index is 6.07. The van der Waals surface area contributed by atoms with Crippen molar-refractivity contribution in [2.45, 2.75) is 74.7 Å². The molecular weight excluding hydrogens is 282 g/mol. The Hall–Kier alpha value is -0.550. The molecule has 4 nitrogen and oxygen atoms in total. The van der Waals surface area contributed by atoms with E-state index in [4.69, 9.17) is 10.3 Å². The quantitative estimate of drug-likeness (QED) is 0.899. The number of rotatable bonds is 5. The lowest BCUT2D eigenvalue weighted by Gasteiger charge is -2.35. The molecule has 0 spiro atoms. The third-order valence-electron chi connectivity index (χ3n) is 5.29. The molecule has 0 bridgehead atoms. The summed E-state index contributed by atoms with van der Waals surface area (Å²) in [5, 5.41) is 5.00. The molecule has 0 amide bonds. The first kappa shape index (κ1) is 15.3. The molecule has 1 heterocycles. The maximum absolute atomic E-state index is 6.07. The van der Waals surface area contributed by atoms with Gasteiger partial charge < -0.3 is 10.3 Å². The van der Waals surface area contributed by atoms with Crippen molar-refractivity contribution in [2.75, 3.05) is 6.54 Å². The molecule has 0 radical (unpaired) electrons. The van der Waals surface area contributed by atoms with Crippen molar-refractivity contribution in [2.24, 2.45) is 11.7 Å².